The quantitative estimate of drug-likeness (QED) is 0.343. The molecule has 0 heterocycles. The average Bonchev–Trinajstić information content (AvgIpc) is 2.43. The van der Waals surface area contributed by atoms with E-state index in [1.54, 1.807) is 0 Å². The lowest BCUT2D eigenvalue weighted by atomic mass is 9.89. The molecule has 0 radical (unpaired) electrons. The second-order valence-electron chi connectivity index (χ2n) is 6.73. The fourth-order valence-corrected chi connectivity index (χ4v) is 3.04. The maximum atomic E-state index is 6.16. The molecule has 0 rings (SSSR count). The summed E-state index contributed by atoms with van der Waals surface area (Å²) in [4.78, 5) is 0. The van der Waals surface area contributed by atoms with E-state index in [1.807, 2.05) is 0 Å². The number of unbranched alkanes of at least 4 members (excludes halogenated alkanes) is 10. The fourth-order valence-electron chi connectivity index (χ4n) is 3.04. The largest absolute Gasteiger partial charge is 0.328 e. The van der Waals surface area contributed by atoms with Crippen molar-refractivity contribution in [3.8, 4) is 0 Å². The van der Waals surface area contributed by atoms with E-state index in [0.717, 1.165) is 5.92 Å². The Labute approximate surface area is 129 Å². The summed E-state index contributed by atoms with van der Waals surface area (Å²) in [6.07, 6.45) is 19.6. The maximum Gasteiger partial charge on any atom is 0.00387 e. The van der Waals surface area contributed by atoms with Crippen molar-refractivity contribution in [3.05, 3.63) is 0 Å². The zero-order chi connectivity index (χ0) is 15.1. The molecule has 0 aromatic heterocycles. The first-order valence-corrected chi connectivity index (χ1v) is 9.47. The summed E-state index contributed by atoms with van der Waals surface area (Å²) in [6.45, 7) is 6.78. The highest BCUT2D eigenvalue weighted by molar-refractivity contribution is 4.69. The van der Waals surface area contributed by atoms with Crippen LogP contribution in [-0.2, 0) is 0 Å². The standard InChI is InChI=1S/C19H41N/c1-4-6-8-10-12-14-16-19(18(3)20)17-15-13-11-9-7-5-2/h18-19H,4-17,20H2,1-3H3. The van der Waals surface area contributed by atoms with E-state index in [0.29, 0.717) is 6.04 Å². The Hall–Kier alpha value is -0.0400. The molecule has 1 heteroatoms. The summed E-state index contributed by atoms with van der Waals surface area (Å²) in [6, 6.07) is 0.390. The highest BCUT2D eigenvalue weighted by Gasteiger charge is 2.12. The maximum absolute atomic E-state index is 6.16. The molecule has 20 heavy (non-hydrogen) atoms. The van der Waals surface area contributed by atoms with Gasteiger partial charge in [-0.15, -0.1) is 0 Å². The molecule has 0 bridgehead atoms. The summed E-state index contributed by atoms with van der Waals surface area (Å²) in [7, 11) is 0. The predicted octanol–water partition coefficient (Wildman–Crippen LogP) is 6.45. The highest BCUT2D eigenvalue weighted by atomic mass is 14.6. The van der Waals surface area contributed by atoms with Gasteiger partial charge in [0.15, 0.2) is 0 Å². The van der Waals surface area contributed by atoms with Gasteiger partial charge in [0.1, 0.15) is 0 Å². The second kappa shape index (κ2) is 15.4. The molecule has 0 aromatic rings. The summed E-state index contributed by atoms with van der Waals surface area (Å²) >= 11 is 0. The van der Waals surface area contributed by atoms with Gasteiger partial charge in [0.25, 0.3) is 0 Å². The predicted molar refractivity (Wildman–Crippen MR) is 93.1 cm³/mol. The molecule has 0 aliphatic heterocycles. The highest BCUT2D eigenvalue weighted by Crippen LogP contribution is 2.21. The van der Waals surface area contributed by atoms with Crippen LogP contribution in [0.5, 0.6) is 0 Å². The van der Waals surface area contributed by atoms with E-state index in [9.17, 15) is 0 Å². The molecule has 122 valence electrons. The molecule has 1 unspecified atom stereocenters. The van der Waals surface area contributed by atoms with Crippen LogP contribution >= 0.6 is 0 Å². The van der Waals surface area contributed by atoms with Gasteiger partial charge >= 0.3 is 0 Å². The van der Waals surface area contributed by atoms with Crippen molar-refractivity contribution in [3.63, 3.8) is 0 Å². The third-order valence-corrected chi connectivity index (χ3v) is 4.60. The number of hydrogen-bond donors (Lipinski definition) is 1. The van der Waals surface area contributed by atoms with Crippen LogP contribution in [0.15, 0.2) is 0 Å². The minimum atomic E-state index is 0.390. The van der Waals surface area contributed by atoms with Crippen LogP contribution in [0.4, 0.5) is 0 Å². The molecule has 0 aromatic carbocycles. The van der Waals surface area contributed by atoms with Gasteiger partial charge in [-0.3, -0.25) is 0 Å². The van der Waals surface area contributed by atoms with Crippen molar-refractivity contribution >= 4 is 0 Å². The van der Waals surface area contributed by atoms with Gasteiger partial charge in [0.05, 0.1) is 0 Å². The van der Waals surface area contributed by atoms with Crippen LogP contribution in [0.25, 0.3) is 0 Å². The summed E-state index contributed by atoms with van der Waals surface area (Å²) in [5.74, 6) is 0.771. The van der Waals surface area contributed by atoms with Crippen molar-refractivity contribution in [1.29, 1.82) is 0 Å². The van der Waals surface area contributed by atoms with Crippen molar-refractivity contribution in [2.24, 2.45) is 11.7 Å². The smallest absolute Gasteiger partial charge is 0.00387 e. The molecular weight excluding hydrogens is 242 g/mol. The minimum absolute atomic E-state index is 0.390. The third-order valence-electron chi connectivity index (χ3n) is 4.60. The van der Waals surface area contributed by atoms with E-state index < -0.39 is 0 Å². The van der Waals surface area contributed by atoms with E-state index in [-0.39, 0.29) is 0 Å². The minimum Gasteiger partial charge on any atom is -0.328 e. The van der Waals surface area contributed by atoms with Crippen molar-refractivity contribution < 1.29 is 0 Å². The monoisotopic (exact) mass is 283 g/mol. The molecule has 0 saturated carbocycles. The Bertz CT molecular complexity index is 161. The molecule has 0 fully saturated rings. The van der Waals surface area contributed by atoms with Crippen LogP contribution < -0.4 is 5.73 Å². The van der Waals surface area contributed by atoms with Crippen LogP contribution in [0.2, 0.25) is 0 Å². The molecule has 0 amide bonds. The molecule has 0 aliphatic carbocycles. The Morgan fingerprint density at radius 3 is 1.30 bits per heavy atom. The SMILES string of the molecule is CCCCCCCCC(CCCCCCCC)C(C)N. The van der Waals surface area contributed by atoms with Gasteiger partial charge in [-0.1, -0.05) is 90.9 Å². The van der Waals surface area contributed by atoms with Gasteiger partial charge in [0, 0.05) is 6.04 Å². The van der Waals surface area contributed by atoms with E-state index in [4.69, 9.17) is 5.73 Å². The zero-order valence-corrected chi connectivity index (χ0v) is 14.6. The molecule has 1 atom stereocenters. The Morgan fingerprint density at radius 1 is 0.600 bits per heavy atom. The number of rotatable bonds is 15. The summed E-state index contributed by atoms with van der Waals surface area (Å²) in [5, 5.41) is 0. The lowest BCUT2D eigenvalue weighted by Gasteiger charge is -2.20. The molecular formula is C19H41N. The van der Waals surface area contributed by atoms with Gasteiger partial charge < -0.3 is 5.73 Å². The third kappa shape index (κ3) is 13.0. The normalized spacial score (nSPS) is 13.1. The Morgan fingerprint density at radius 2 is 0.950 bits per heavy atom. The van der Waals surface area contributed by atoms with E-state index >= 15 is 0 Å². The molecule has 1 nitrogen and oxygen atoms in total. The van der Waals surface area contributed by atoms with Gasteiger partial charge in [-0.05, 0) is 25.7 Å². The van der Waals surface area contributed by atoms with Crippen molar-refractivity contribution in [2.45, 2.75) is 117 Å². The van der Waals surface area contributed by atoms with Gasteiger partial charge in [0.2, 0.25) is 0 Å². The van der Waals surface area contributed by atoms with Crippen molar-refractivity contribution in [2.75, 3.05) is 0 Å². The number of hydrogen-bond acceptors (Lipinski definition) is 1. The average molecular weight is 284 g/mol. The molecule has 0 aliphatic rings. The van der Waals surface area contributed by atoms with Crippen LogP contribution in [0.1, 0.15) is 111 Å². The Kier molecular flexibility index (Phi) is 15.3. The Balaban J connectivity index is 3.51. The first-order chi connectivity index (χ1) is 9.72. The summed E-state index contributed by atoms with van der Waals surface area (Å²) < 4.78 is 0. The van der Waals surface area contributed by atoms with E-state index in [2.05, 4.69) is 20.8 Å². The van der Waals surface area contributed by atoms with Gasteiger partial charge in [-0.25, -0.2) is 0 Å². The first-order valence-electron chi connectivity index (χ1n) is 9.47. The zero-order valence-electron chi connectivity index (χ0n) is 14.6. The van der Waals surface area contributed by atoms with Crippen molar-refractivity contribution in [1.82, 2.24) is 0 Å². The van der Waals surface area contributed by atoms with Gasteiger partial charge in [-0.2, -0.15) is 0 Å². The lowest BCUT2D eigenvalue weighted by Crippen LogP contribution is -2.26. The number of nitrogens with two attached hydrogens (primary N) is 1. The molecule has 2 N–H and O–H groups in total. The first kappa shape index (κ1) is 20.0. The van der Waals surface area contributed by atoms with Crippen LogP contribution in [-0.4, -0.2) is 6.04 Å². The second-order valence-corrected chi connectivity index (χ2v) is 6.73. The molecule has 0 spiro atoms. The van der Waals surface area contributed by atoms with Crippen LogP contribution in [0.3, 0.4) is 0 Å². The van der Waals surface area contributed by atoms with Crippen LogP contribution in [0, 0.1) is 5.92 Å². The van der Waals surface area contributed by atoms with E-state index in [1.165, 1.54) is 89.9 Å². The summed E-state index contributed by atoms with van der Waals surface area (Å²) in [5.41, 5.74) is 6.16. The fraction of sp³-hybridized carbons (Fsp3) is 1.00. The topological polar surface area (TPSA) is 26.0 Å². The molecule has 0 saturated heterocycles. The lowest BCUT2D eigenvalue weighted by molar-refractivity contribution is 0.354.